The van der Waals surface area contributed by atoms with Gasteiger partial charge in [0.1, 0.15) is 5.75 Å². The van der Waals surface area contributed by atoms with Crippen LogP contribution in [0.15, 0.2) is 24.3 Å². The third kappa shape index (κ3) is 2.81. The van der Waals surface area contributed by atoms with E-state index in [1.165, 1.54) is 31.2 Å². The van der Waals surface area contributed by atoms with E-state index in [2.05, 4.69) is 36.5 Å². The summed E-state index contributed by atoms with van der Waals surface area (Å²) < 4.78 is 5.77. The van der Waals surface area contributed by atoms with E-state index in [4.69, 9.17) is 4.74 Å². The maximum Gasteiger partial charge on any atom is 0.119 e. The van der Waals surface area contributed by atoms with Crippen LogP contribution in [0.25, 0.3) is 0 Å². The first-order valence-corrected chi connectivity index (χ1v) is 6.81. The van der Waals surface area contributed by atoms with Crippen molar-refractivity contribution in [2.75, 3.05) is 6.54 Å². The van der Waals surface area contributed by atoms with Crippen LogP contribution in [0.1, 0.15) is 44.2 Å². The molecule has 2 fully saturated rings. The summed E-state index contributed by atoms with van der Waals surface area (Å²) in [5, 5.41) is 3.60. The maximum atomic E-state index is 5.77. The summed E-state index contributed by atoms with van der Waals surface area (Å²) in [6.07, 6.45) is 5.50. The fourth-order valence-corrected chi connectivity index (χ4v) is 2.52. The molecule has 2 unspecified atom stereocenters. The zero-order valence-corrected chi connectivity index (χ0v) is 10.5. The lowest BCUT2D eigenvalue weighted by atomic mass is 9.90. The predicted molar refractivity (Wildman–Crippen MR) is 69.2 cm³/mol. The van der Waals surface area contributed by atoms with Crippen LogP contribution in [0.3, 0.4) is 0 Å². The van der Waals surface area contributed by atoms with Gasteiger partial charge in [-0.2, -0.15) is 0 Å². The van der Waals surface area contributed by atoms with Crippen molar-refractivity contribution in [1.82, 2.24) is 5.32 Å². The van der Waals surface area contributed by atoms with Crippen molar-refractivity contribution in [3.8, 4) is 5.75 Å². The number of hydrogen-bond donors (Lipinski definition) is 1. The highest BCUT2D eigenvalue weighted by molar-refractivity contribution is 5.30. The van der Waals surface area contributed by atoms with E-state index in [1.807, 2.05) is 0 Å². The average molecular weight is 231 g/mol. The Labute approximate surface area is 103 Å². The molecule has 2 heteroatoms. The van der Waals surface area contributed by atoms with Gasteiger partial charge in [-0.15, -0.1) is 0 Å². The summed E-state index contributed by atoms with van der Waals surface area (Å²) >= 11 is 0. The Morgan fingerprint density at radius 1 is 1.12 bits per heavy atom. The lowest BCUT2D eigenvalue weighted by Gasteiger charge is -2.28. The van der Waals surface area contributed by atoms with Crippen LogP contribution in [0.5, 0.6) is 5.75 Å². The van der Waals surface area contributed by atoms with Crippen LogP contribution < -0.4 is 10.1 Å². The van der Waals surface area contributed by atoms with E-state index in [0.717, 1.165) is 18.2 Å². The Hall–Kier alpha value is -1.02. The molecule has 1 aromatic rings. The monoisotopic (exact) mass is 231 g/mol. The van der Waals surface area contributed by atoms with Crippen molar-refractivity contribution < 1.29 is 4.74 Å². The van der Waals surface area contributed by atoms with Crippen molar-refractivity contribution in [1.29, 1.82) is 0 Å². The van der Waals surface area contributed by atoms with E-state index >= 15 is 0 Å². The summed E-state index contributed by atoms with van der Waals surface area (Å²) in [6, 6.07) is 9.21. The molecule has 1 heterocycles. The van der Waals surface area contributed by atoms with Gasteiger partial charge in [-0.3, -0.25) is 0 Å². The number of ether oxygens (including phenoxy) is 1. The van der Waals surface area contributed by atoms with E-state index in [9.17, 15) is 0 Å². The topological polar surface area (TPSA) is 21.3 Å². The van der Waals surface area contributed by atoms with Crippen LogP contribution in [-0.2, 0) is 0 Å². The molecule has 92 valence electrons. The second-order valence-electron chi connectivity index (χ2n) is 5.52. The van der Waals surface area contributed by atoms with Crippen LogP contribution >= 0.6 is 0 Å². The van der Waals surface area contributed by atoms with Crippen molar-refractivity contribution in [2.24, 2.45) is 5.92 Å². The van der Waals surface area contributed by atoms with Gasteiger partial charge in [-0.25, -0.2) is 0 Å². The Morgan fingerprint density at radius 3 is 2.53 bits per heavy atom. The average Bonchev–Trinajstić information content (AvgIpc) is 3.14. The molecule has 1 N–H and O–H groups in total. The Bertz CT molecular complexity index is 369. The number of piperidine rings is 1. The summed E-state index contributed by atoms with van der Waals surface area (Å²) in [6.45, 7) is 3.49. The van der Waals surface area contributed by atoms with Gasteiger partial charge in [0.2, 0.25) is 0 Å². The van der Waals surface area contributed by atoms with Gasteiger partial charge >= 0.3 is 0 Å². The van der Waals surface area contributed by atoms with Gasteiger partial charge < -0.3 is 10.1 Å². The first kappa shape index (κ1) is 11.1. The fourth-order valence-electron chi connectivity index (χ4n) is 2.52. The summed E-state index contributed by atoms with van der Waals surface area (Å²) in [5.74, 6) is 1.86. The Morgan fingerprint density at radius 2 is 1.88 bits per heavy atom. The van der Waals surface area contributed by atoms with Crippen molar-refractivity contribution >= 4 is 0 Å². The summed E-state index contributed by atoms with van der Waals surface area (Å²) in [5.41, 5.74) is 1.40. The zero-order chi connectivity index (χ0) is 11.7. The van der Waals surface area contributed by atoms with E-state index in [1.54, 1.807) is 0 Å². The molecule has 1 saturated carbocycles. The van der Waals surface area contributed by atoms with Crippen molar-refractivity contribution in [3.63, 3.8) is 0 Å². The number of nitrogens with one attached hydrogen (secondary N) is 1. The second-order valence-corrected chi connectivity index (χ2v) is 5.52. The largest absolute Gasteiger partial charge is 0.490 e. The Kier molecular flexibility index (Phi) is 3.06. The first-order chi connectivity index (χ1) is 8.31. The number of rotatable bonds is 3. The first-order valence-electron chi connectivity index (χ1n) is 6.81. The lowest BCUT2D eigenvalue weighted by Crippen LogP contribution is -2.30. The molecule has 0 radical (unpaired) electrons. The molecule has 0 aromatic heterocycles. The number of benzene rings is 1. The van der Waals surface area contributed by atoms with Gasteiger partial charge in [-0.05, 0) is 55.8 Å². The molecule has 3 rings (SSSR count). The third-order valence-corrected chi connectivity index (χ3v) is 3.78. The summed E-state index contributed by atoms with van der Waals surface area (Å²) in [7, 11) is 0. The van der Waals surface area contributed by atoms with E-state index < -0.39 is 0 Å². The molecule has 2 nitrogen and oxygen atoms in total. The van der Waals surface area contributed by atoms with Gasteiger partial charge in [-0.1, -0.05) is 19.1 Å². The number of hydrogen-bond acceptors (Lipinski definition) is 2. The maximum absolute atomic E-state index is 5.77. The minimum absolute atomic E-state index is 0.494. The molecule has 0 amide bonds. The molecular formula is C15H21NO. The van der Waals surface area contributed by atoms with Crippen molar-refractivity contribution in [3.05, 3.63) is 29.8 Å². The zero-order valence-electron chi connectivity index (χ0n) is 10.5. The molecule has 2 aliphatic rings. The molecule has 1 aliphatic carbocycles. The standard InChI is InChI=1S/C15H21NO/c1-11-8-9-16-15(10-11)12-2-4-13(5-3-12)17-14-6-7-14/h2-5,11,14-16H,6-10H2,1H3. The third-order valence-electron chi connectivity index (χ3n) is 3.78. The lowest BCUT2D eigenvalue weighted by molar-refractivity contribution is 0.302. The summed E-state index contributed by atoms with van der Waals surface area (Å²) in [4.78, 5) is 0. The van der Waals surface area contributed by atoms with Crippen LogP contribution in [0, 0.1) is 5.92 Å². The minimum Gasteiger partial charge on any atom is -0.490 e. The Balaban J connectivity index is 1.65. The predicted octanol–water partition coefficient (Wildman–Crippen LogP) is 3.29. The quantitative estimate of drug-likeness (QED) is 0.862. The minimum atomic E-state index is 0.494. The molecular weight excluding hydrogens is 210 g/mol. The van der Waals surface area contributed by atoms with E-state index in [0.29, 0.717) is 12.1 Å². The molecule has 0 spiro atoms. The molecule has 2 atom stereocenters. The fraction of sp³-hybridized carbons (Fsp3) is 0.600. The van der Waals surface area contributed by atoms with Gasteiger partial charge in [0.05, 0.1) is 6.10 Å². The van der Waals surface area contributed by atoms with Gasteiger partial charge in [0.15, 0.2) is 0 Å². The SMILES string of the molecule is CC1CCNC(c2ccc(OC3CC3)cc2)C1. The second kappa shape index (κ2) is 4.69. The highest BCUT2D eigenvalue weighted by Crippen LogP contribution is 2.30. The highest BCUT2D eigenvalue weighted by Gasteiger charge is 2.24. The van der Waals surface area contributed by atoms with Gasteiger partial charge in [0, 0.05) is 6.04 Å². The molecule has 0 bridgehead atoms. The normalized spacial score (nSPS) is 29.0. The highest BCUT2D eigenvalue weighted by atomic mass is 16.5. The molecule has 1 aromatic carbocycles. The molecule has 1 aliphatic heterocycles. The van der Waals surface area contributed by atoms with Crippen LogP contribution in [0.2, 0.25) is 0 Å². The van der Waals surface area contributed by atoms with Crippen LogP contribution in [0.4, 0.5) is 0 Å². The van der Waals surface area contributed by atoms with Crippen LogP contribution in [-0.4, -0.2) is 12.6 Å². The van der Waals surface area contributed by atoms with E-state index in [-0.39, 0.29) is 0 Å². The smallest absolute Gasteiger partial charge is 0.119 e. The molecule has 1 saturated heterocycles. The van der Waals surface area contributed by atoms with Crippen molar-refractivity contribution in [2.45, 2.75) is 44.8 Å². The molecule has 17 heavy (non-hydrogen) atoms. The van der Waals surface area contributed by atoms with Gasteiger partial charge in [0.25, 0.3) is 0 Å².